The predicted molar refractivity (Wildman–Crippen MR) is 65.3 cm³/mol. The van der Waals surface area contributed by atoms with Gasteiger partial charge in [0.1, 0.15) is 0 Å². The molecule has 82 valence electrons. The van der Waals surface area contributed by atoms with Crippen LogP contribution in [0.25, 0.3) is 0 Å². The summed E-state index contributed by atoms with van der Waals surface area (Å²) in [6.07, 6.45) is 3.22. The lowest BCUT2D eigenvalue weighted by atomic mass is 10.3. The van der Waals surface area contributed by atoms with Crippen molar-refractivity contribution in [3.63, 3.8) is 0 Å². The second kappa shape index (κ2) is 4.54. The van der Waals surface area contributed by atoms with Gasteiger partial charge in [-0.1, -0.05) is 30.2 Å². The molecular formula is C11H14ClNOS. The van der Waals surface area contributed by atoms with E-state index in [4.69, 9.17) is 11.6 Å². The second-order valence-corrected chi connectivity index (χ2v) is 6.74. The molecule has 1 aromatic carbocycles. The average Bonchev–Trinajstić information content (AvgIpc) is 2.22. The van der Waals surface area contributed by atoms with Gasteiger partial charge in [-0.05, 0) is 25.0 Å². The van der Waals surface area contributed by atoms with E-state index in [1.54, 1.807) is 6.07 Å². The van der Waals surface area contributed by atoms with Crippen LogP contribution < -0.4 is 0 Å². The summed E-state index contributed by atoms with van der Waals surface area (Å²) in [5.74, 6) is 1.44. The summed E-state index contributed by atoms with van der Waals surface area (Å²) >= 11 is 5.99. The van der Waals surface area contributed by atoms with E-state index in [2.05, 4.69) is 4.36 Å². The molecule has 1 aromatic rings. The van der Waals surface area contributed by atoms with Crippen LogP contribution in [0.1, 0.15) is 19.3 Å². The molecule has 1 aliphatic rings. The normalized spacial score (nSPS) is 19.8. The van der Waals surface area contributed by atoms with Crippen molar-refractivity contribution in [3.05, 3.63) is 29.3 Å². The highest BCUT2D eigenvalue weighted by Gasteiger charge is 2.14. The van der Waals surface area contributed by atoms with E-state index in [0.717, 1.165) is 24.3 Å². The Labute approximate surface area is 95.8 Å². The van der Waals surface area contributed by atoms with Gasteiger partial charge in [0.05, 0.1) is 20.4 Å². The molecule has 0 unspecified atom stereocenters. The van der Waals surface area contributed by atoms with Gasteiger partial charge in [0.25, 0.3) is 0 Å². The largest absolute Gasteiger partial charge is 0.249 e. The summed E-state index contributed by atoms with van der Waals surface area (Å²) in [6.45, 7) is 0. The van der Waals surface area contributed by atoms with E-state index >= 15 is 0 Å². The molecule has 0 aromatic heterocycles. The molecule has 0 radical (unpaired) electrons. The van der Waals surface area contributed by atoms with Crippen molar-refractivity contribution < 1.29 is 4.21 Å². The Balaban J connectivity index is 2.37. The summed E-state index contributed by atoms with van der Waals surface area (Å²) in [5, 5.41) is 0.589. The molecule has 0 N–H and O–H groups in total. The quantitative estimate of drug-likeness (QED) is 0.741. The Bertz CT molecular complexity index is 451. The van der Waals surface area contributed by atoms with E-state index in [1.807, 2.05) is 18.2 Å². The fourth-order valence-corrected chi connectivity index (χ4v) is 4.17. The molecule has 0 saturated carbocycles. The summed E-state index contributed by atoms with van der Waals surface area (Å²) in [7, 11) is -2.03. The van der Waals surface area contributed by atoms with Crippen LogP contribution in [0.5, 0.6) is 0 Å². The molecule has 2 rings (SSSR count). The molecule has 0 amide bonds. The van der Waals surface area contributed by atoms with Gasteiger partial charge < -0.3 is 0 Å². The van der Waals surface area contributed by atoms with E-state index in [-0.39, 0.29) is 0 Å². The first kappa shape index (κ1) is 11.0. The Kier molecular flexibility index (Phi) is 3.32. The van der Waals surface area contributed by atoms with Crippen LogP contribution in [-0.4, -0.2) is 15.7 Å². The third kappa shape index (κ3) is 2.73. The van der Waals surface area contributed by atoms with Crippen LogP contribution in [0.15, 0.2) is 28.6 Å². The lowest BCUT2D eigenvalue weighted by Gasteiger charge is -2.15. The van der Waals surface area contributed by atoms with Gasteiger partial charge in [-0.15, -0.1) is 0 Å². The van der Waals surface area contributed by atoms with Gasteiger partial charge in [-0.3, -0.25) is 0 Å². The Morgan fingerprint density at radius 1 is 1.13 bits per heavy atom. The van der Waals surface area contributed by atoms with Crippen LogP contribution in [0.4, 0.5) is 5.69 Å². The molecule has 1 aliphatic heterocycles. The maximum absolute atomic E-state index is 12.3. The van der Waals surface area contributed by atoms with Gasteiger partial charge in [-0.2, -0.15) is 4.36 Å². The lowest BCUT2D eigenvalue weighted by molar-refractivity contribution is 0.650. The number of benzene rings is 1. The van der Waals surface area contributed by atoms with Crippen LogP contribution in [0, 0.1) is 0 Å². The molecular weight excluding hydrogens is 230 g/mol. The maximum atomic E-state index is 12.3. The Morgan fingerprint density at radius 3 is 2.47 bits per heavy atom. The fraction of sp³-hybridized carbons (Fsp3) is 0.455. The van der Waals surface area contributed by atoms with Crippen molar-refractivity contribution in [2.75, 3.05) is 11.5 Å². The van der Waals surface area contributed by atoms with Crippen molar-refractivity contribution in [1.82, 2.24) is 0 Å². The zero-order valence-electron chi connectivity index (χ0n) is 8.49. The van der Waals surface area contributed by atoms with Crippen LogP contribution in [0.3, 0.4) is 0 Å². The van der Waals surface area contributed by atoms with Crippen LogP contribution >= 0.6 is 11.6 Å². The smallest absolute Gasteiger partial charge is 0.0916 e. The molecule has 0 spiro atoms. The third-order valence-electron chi connectivity index (χ3n) is 2.54. The maximum Gasteiger partial charge on any atom is 0.0916 e. The van der Waals surface area contributed by atoms with Gasteiger partial charge in [-0.25, -0.2) is 4.21 Å². The topological polar surface area (TPSA) is 29.4 Å². The number of hydrogen-bond donors (Lipinski definition) is 0. The van der Waals surface area contributed by atoms with Crippen molar-refractivity contribution in [2.45, 2.75) is 19.3 Å². The first-order chi connectivity index (χ1) is 7.20. The van der Waals surface area contributed by atoms with Gasteiger partial charge >= 0.3 is 0 Å². The van der Waals surface area contributed by atoms with E-state index in [1.165, 1.54) is 6.42 Å². The second-order valence-electron chi connectivity index (χ2n) is 3.78. The zero-order valence-corrected chi connectivity index (χ0v) is 10.1. The SMILES string of the molecule is O=S1(=Nc2ccccc2Cl)CCCCC1. The van der Waals surface area contributed by atoms with E-state index in [9.17, 15) is 4.21 Å². The molecule has 1 fully saturated rings. The highest BCUT2D eigenvalue weighted by Crippen LogP contribution is 2.27. The summed E-state index contributed by atoms with van der Waals surface area (Å²) in [5.41, 5.74) is 0.672. The van der Waals surface area contributed by atoms with E-state index < -0.39 is 9.73 Å². The predicted octanol–water partition coefficient (Wildman–Crippen LogP) is 3.62. The number of nitrogens with zero attached hydrogens (tertiary/aromatic N) is 1. The Morgan fingerprint density at radius 2 is 1.80 bits per heavy atom. The zero-order chi connectivity index (χ0) is 10.7. The van der Waals surface area contributed by atoms with Crippen molar-refractivity contribution in [1.29, 1.82) is 0 Å². The third-order valence-corrected chi connectivity index (χ3v) is 5.25. The highest BCUT2D eigenvalue weighted by atomic mass is 35.5. The summed E-state index contributed by atoms with van der Waals surface area (Å²) in [4.78, 5) is 0. The summed E-state index contributed by atoms with van der Waals surface area (Å²) < 4.78 is 16.6. The first-order valence-corrected chi connectivity index (χ1v) is 7.40. The van der Waals surface area contributed by atoms with Crippen molar-refractivity contribution in [3.8, 4) is 0 Å². The average molecular weight is 244 g/mol. The standard InChI is InChI=1S/C11H14ClNOS/c12-10-6-2-3-7-11(10)13-15(14)8-4-1-5-9-15/h2-3,6-7H,1,4-5,8-9H2. The molecule has 1 heterocycles. The molecule has 0 atom stereocenters. The fourth-order valence-electron chi connectivity index (χ4n) is 1.73. The van der Waals surface area contributed by atoms with Crippen LogP contribution in [0.2, 0.25) is 5.02 Å². The Hall–Kier alpha value is -0.540. The van der Waals surface area contributed by atoms with Gasteiger partial charge in [0, 0.05) is 11.5 Å². The first-order valence-electron chi connectivity index (χ1n) is 5.17. The molecule has 15 heavy (non-hydrogen) atoms. The minimum atomic E-state index is -2.03. The van der Waals surface area contributed by atoms with Gasteiger partial charge in [0.15, 0.2) is 0 Å². The van der Waals surface area contributed by atoms with Crippen molar-refractivity contribution in [2.24, 2.45) is 4.36 Å². The molecule has 4 heteroatoms. The minimum absolute atomic E-state index is 0.589. The monoisotopic (exact) mass is 243 g/mol. The van der Waals surface area contributed by atoms with E-state index in [0.29, 0.717) is 10.7 Å². The number of hydrogen-bond acceptors (Lipinski definition) is 2. The molecule has 1 saturated heterocycles. The minimum Gasteiger partial charge on any atom is -0.249 e. The molecule has 2 nitrogen and oxygen atoms in total. The molecule has 0 bridgehead atoms. The molecule has 0 aliphatic carbocycles. The number of halogens is 1. The van der Waals surface area contributed by atoms with Crippen molar-refractivity contribution >= 4 is 27.0 Å². The highest BCUT2D eigenvalue weighted by molar-refractivity contribution is 7.93. The van der Waals surface area contributed by atoms with Crippen LogP contribution in [-0.2, 0) is 9.73 Å². The van der Waals surface area contributed by atoms with Gasteiger partial charge in [0.2, 0.25) is 0 Å². The number of rotatable bonds is 1. The lowest BCUT2D eigenvalue weighted by Crippen LogP contribution is -2.15. The summed E-state index contributed by atoms with van der Waals surface area (Å²) in [6, 6.07) is 7.33.